The number of hydrogen-bond acceptors (Lipinski definition) is 4. The molecule has 0 aromatic heterocycles. The first kappa shape index (κ1) is 20.1. The minimum absolute atomic E-state index is 0.0628. The molecule has 2 aromatic carbocycles. The molecule has 0 aliphatic rings. The Morgan fingerprint density at radius 1 is 0.962 bits per heavy atom. The number of halogens is 1. The van der Waals surface area contributed by atoms with Crippen molar-refractivity contribution < 1.29 is 18.0 Å². The highest BCUT2D eigenvalue weighted by atomic mass is 79.9. The molecule has 0 aliphatic heterocycles. The quantitative estimate of drug-likeness (QED) is 0.745. The fourth-order valence-corrected chi connectivity index (χ4v) is 3.83. The SMILES string of the molecule is CC(=O)Nc1cccc(NC(=O)C(C)(C)S(=O)(=O)c2ccc(Br)cc2)c1. The molecule has 0 heterocycles. The van der Waals surface area contributed by atoms with E-state index in [2.05, 4.69) is 26.6 Å². The van der Waals surface area contributed by atoms with Gasteiger partial charge >= 0.3 is 0 Å². The van der Waals surface area contributed by atoms with E-state index in [0.29, 0.717) is 11.4 Å². The van der Waals surface area contributed by atoms with E-state index in [9.17, 15) is 18.0 Å². The lowest BCUT2D eigenvalue weighted by atomic mass is 10.2. The number of amides is 2. The Hall–Kier alpha value is -2.19. The van der Waals surface area contributed by atoms with Gasteiger partial charge in [-0.15, -0.1) is 0 Å². The summed E-state index contributed by atoms with van der Waals surface area (Å²) in [5.74, 6) is -0.910. The largest absolute Gasteiger partial charge is 0.326 e. The average molecular weight is 439 g/mol. The molecule has 138 valence electrons. The fourth-order valence-electron chi connectivity index (χ4n) is 2.19. The fraction of sp³-hybridized carbons (Fsp3) is 0.222. The lowest BCUT2D eigenvalue weighted by molar-refractivity contribution is -0.118. The number of carbonyl (C=O) groups is 2. The van der Waals surface area contributed by atoms with Crippen LogP contribution in [0.25, 0.3) is 0 Å². The summed E-state index contributed by atoms with van der Waals surface area (Å²) in [4.78, 5) is 23.9. The molecule has 0 spiro atoms. The van der Waals surface area contributed by atoms with E-state index in [-0.39, 0.29) is 10.8 Å². The predicted molar refractivity (Wildman–Crippen MR) is 105 cm³/mol. The van der Waals surface area contributed by atoms with E-state index >= 15 is 0 Å². The topological polar surface area (TPSA) is 92.3 Å². The van der Waals surface area contributed by atoms with Crippen molar-refractivity contribution in [2.24, 2.45) is 0 Å². The van der Waals surface area contributed by atoms with Gasteiger partial charge in [0.1, 0.15) is 4.75 Å². The van der Waals surface area contributed by atoms with Crippen molar-refractivity contribution in [2.45, 2.75) is 30.4 Å². The molecule has 2 amide bonds. The Balaban J connectivity index is 2.27. The summed E-state index contributed by atoms with van der Waals surface area (Å²) in [6, 6.07) is 12.6. The monoisotopic (exact) mass is 438 g/mol. The zero-order valence-corrected chi connectivity index (χ0v) is 16.9. The lowest BCUT2D eigenvalue weighted by Gasteiger charge is -2.24. The maximum atomic E-state index is 12.9. The molecule has 0 aliphatic carbocycles. The predicted octanol–water partition coefficient (Wildman–Crippen LogP) is 3.60. The van der Waals surface area contributed by atoms with Crippen molar-refractivity contribution in [3.63, 3.8) is 0 Å². The maximum absolute atomic E-state index is 12.9. The van der Waals surface area contributed by atoms with Gasteiger partial charge in [0, 0.05) is 22.8 Å². The van der Waals surface area contributed by atoms with Crippen molar-refractivity contribution in [1.29, 1.82) is 0 Å². The second-order valence-corrected chi connectivity index (χ2v) is 9.60. The summed E-state index contributed by atoms with van der Waals surface area (Å²) < 4.78 is 24.8. The highest BCUT2D eigenvalue weighted by Gasteiger charge is 2.42. The van der Waals surface area contributed by atoms with Crippen LogP contribution in [0.15, 0.2) is 57.9 Å². The molecule has 8 heteroatoms. The highest BCUT2D eigenvalue weighted by molar-refractivity contribution is 9.10. The van der Waals surface area contributed by atoms with Crippen LogP contribution in [0.1, 0.15) is 20.8 Å². The third-order valence-corrected chi connectivity index (χ3v) is 6.73. The number of hydrogen-bond donors (Lipinski definition) is 2. The first-order valence-electron chi connectivity index (χ1n) is 7.73. The zero-order valence-electron chi connectivity index (χ0n) is 14.5. The molecule has 0 saturated heterocycles. The molecule has 6 nitrogen and oxygen atoms in total. The van der Waals surface area contributed by atoms with Gasteiger partial charge in [-0.1, -0.05) is 22.0 Å². The smallest absolute Gasteiger partial charge is 0.245 e. The zero-order chi connectivity index (χ0) is 19.5. The Morgan fingerprint density at radius 2 is 1.50 bits per heavy atom. The molecule has 0 radical (unpaired) electrons. The molecule has 0 unspecified atom stereocenters. The highest BCUT2D eigenvalue weighted by Crippen LogP contribution is 2.28. The first-order valence-corrected chi connectivity index (χ1v) is 10.0. The minimum atomic E-state index is -3.91. The van der Waals surface area contributed by atoms with Gasteiger partial charge in [-0.05, 0) is 56.3 Å². The third-order valence-electron chi connectivity index (χ3n) is 3.78. The van der Waals surface area contributed by atoms with Crippen LogP contribution in [0.3, 0.4) is 0 Å². The van der Waals surface area contributed by atoms with Gasteiger partial charge in [0.2, 0.25) is 11.8 Å². The van der Waals surface area contributed by atoms with Crippen LogP contribution < -0.4 is 10.6 Å². The summed E-state index contributed by atoms with van der Waals surface area (Å²) in [6.07, 6.45) is 0. The molecular weight excluding hydrogens is 420 g/mol. The first-order chi connectivity index (χ1) is 12.0. The molecule has 2 aromatic rings. The normalized spacial score (nSPS) is 11.7. The van der Waals surface area contributed by atoms with Crippen molar-refractivity contribution in [3.05, 3.63) is 53.0 Å². The van der Waals surface area contributed by atoms with Crippen LogP contribution in [0, 0.1) is 0 Å². The number of nitrogens with one attached hydrogen (secondary N) is 2. The third kappa shape index (κ3) is 4.31. The van der Waals surface area contributed by atoms with Crippen LogP contribution >= 0.6 is 15.9 Å². The molecule has 0 fully saturated rings. The van der Waals surface area contributed by atoms with Gasteiger partial charge in [0.15, 0.2) is 9.84 Å². The summed E-state index contributed by atoms with van der Waals surface area (Å²) in [7, 11) is -3.91. The van der Waals surface area contributed by atoms with Crippen LogP contribution in [0.2, 0.25) is 0 Å². The summed E-state index contributed by atoms with van der Waals surface area (Å²) >= 11 is 3.26. The second kappa shape index (κ2) is 7.59. The van der Waals surface area contributed by atoms with Gasteiger partial charge in [-0.25, -0.2) is 8.42 Å². The van der Waals surface area contributed by atoms with Gasteiger partial charge < -0.3 is 10.6 Å². The molecule has 0 atom stereocenters. The van der Waals surface area contributed by atoms with Gasteiger partial charge in [0.05, 0.1) is 4.90 Å². The van der Waals surface area contributed by atoms with Crippen molar-refractivity contribution in [2.75, 3.05) is 10.6 Å². The Labute approximate surface area is 161 Å². The standard InChI is InChI=1S/C18H19BrN2O4S/c1-12(22)20-14-5-4-6-15(11-14)21-17(23)18(2,3)26(24,25)16-9-7-13(19)8-10-16/h4-11H,1-3H3,(H,20,22)(H,21,23). The lowest BCUT2D eigenvalue weighted by Crippen LogP contribution is -2.44. The van der Waals surface area contributed by atoms with Crippen LogP contribution in [0.5, 0.6) is 0 Å². The van der Waals surface area contributed by atoms with Gasteiger partial charge in [-0.2, -0.15) is 0 Å². The van der Waals surface area contributed by atoms with Crippen molar-refractivity contribution in [1.82, 2.24) is 0 Å². The van der Waals surface area contributed by atoms with Crippen LogP contribution in [-0.4, -0.2) is 25.0 Å². The Kier molecular flexibility index (Phi) is 5.87. The number of benzene rings is 2. The molecule has 2 N–H and O–H groups in total. The Bertz CT molecular complexity index is 938. The molecule has 26 heavy (non-hydrogen) atoms. The van der Waals surface area contributed by atoms with Gasteiger partial charge in [0.25, 0.3) is 0 Å². The Morgan fingerprint density at radius 3 is 2.04 bits per heavy atom. The summed E-state index contributed by atoms with van der Waals surface area (Å²) in [5, 5.41) is 5.21. The average Bonchev–Trinajstić information content (AvgIpc) is 2.54. The minimum Gasteiger partial charge on any atom is -0.326 e. The second-order valence-electron chi connectivity index (χ2n) is 6.18. The summed E-state index contributed by atoms with van der Waals surface area (Å²) in [5.41, 5.74) is 0.893. The molecule has 0 bridgehead atoms. The van der Waals surface area contributed by atoms with Crippen LogP contribution in [-0.2, 0) is 19.4 Å². The number of sulfone groups is 1. The van der Waals surface area contributed by atoms with Crippen molar-refractivity contribution >= 4 is 49.0 Å². The number of carbonyl (C=O) groups excluding carboxylic acids is 2. The van der Waals surface area contributed by atoms with E-state index in [1.54, 1.807) is 36.4 Å². The van der Waals surface area contributed by atoms with E-state index < -0.39 is 20.5 Å². The number of anilines is 2. The maximum Gasteiger partial charge on any atom is 0.245 e. The van der Waals surface area contributed by atoms with E-state index in [4.69, 9.17) is 0 Å². The van der Waals surface area contributed by atoms with E-state index in [1.165, 1.54) is 32.9 Å². The number of rotatable bonds is 5. The molecule has 0 saturated carbocycles. The van der Waals surface area contributed by atoms with Crippen molar-refractivity contribution in [3.8, 4) is 0 Å². The van der Waals surface area contributed by atoms with E-state index in [1.807, 2.05) is 0 Å². The molecule has 2 rings (SSSR count). The van der Waals surface area contributed by atoms with E-state index in [0.717, 1.165) is 4.47 Å². The summed E-state index contributed by atoms with van der Waals surface area (Å²) in [6.45, 7) is 4.09. The molecular formula is C18H19BrN2O4S. The van der Waals surface area contributed by atoms with Gasteiger partial charge in [-0.3, -0.25) is 9.59 Å². The van der Waals surface area contributed by atoms with Crippen LogP contribution in [0.4, 0.5) is 11.4 Å².